The van der Waals surface area contributed by atoms with Crippen LogP contribution in [0.5, 0.6) is 0 Å². The summed E-state index contributed by atoms with van der Waals surface area (Å²) in [5.74, 6) is 0.255. The van der Waals surface area contributed by atoms with Crippen molar-refractivity contribution in [3.8, 4) is 0 Å². The molecule has 0 amide bonds. The lowest BCUT2D eigenvalue weighted by molar-refractivity contribution is 0.296. The van der Waals surface area contributed by atoms with E-state index in [0.717, 1.165) is 36.8 Å². The summed E-state index contributed by atoms with van der Waals surface area (Å²) in [7, 11) is -3.45. The van der Waals surface area contributed by atoms with Crippen molar-refractivity contribution >= 4 is 22.4 Å². The number of hydrogen-bond acceptors (Lipinski definition) is 3. The van der Waals surface area contributed by atoms with E-state index >= 15 is 0 Å². The van der Waals surface area contributed by atoms with Crippen LogP contribution in [-0.4, -0.2) is 21.0 Å². The third kappa shape index (κ3) is 4.42. The van der Waals surface area contributed by atoms with Crippen LogP contribution in [0.2, 0.25) is 0 Å². The molecule has 4 nitrogen and oxygen atoms in total. The molecule has 0 spiro atoms. The SMILES string of the molecule is Cc1ccc(S(=O)(=O)NC2CCCCC2CN)cc1C.Cl. The Hall–Kier alpha value is -0.620. The summed E-state index contributed by atoms with van der Waals surface area (Å²) >= 11 is 0. The Balaban J connectivity index is 0.00000220. The van der Waals surface area contributed by atoms with E-state index in [4.69, 9.17) is 5.73 Å². The molecule has 2 unspecified atom stereocenters. The van der Waals surface area contributed by atoms with E-state index in [1.807, 2.05) is 19.9 Å². The zero-order valence-corrected chi connectivity index (χ0v) is 14.3. The normalized spacial score (nSPS) is 22.6. The van der Waals surface area contributed by atoms with E-state index in [1.54, 1.807) is 12.1 Å². The topological polar surface area (TPSA) is 72.2 Å². The van der Waals surface area contributed by atoms with Crippen LogP contribution in [0.4, 0.5) is 0 Å². The average molecular weight is 333 g/mol. The highest BCUT2D eigenvalue weighted by atomic mass is 35.5. The average Bonchev–Trinajstić information content (AvgIpc) is 2.42. The number of nitrogens with two attached hydrogens (primary N) is 1. The molecule has 0 saturated heterocycles. The molecule has 21 heavy (non-hydrogen) atoms. The first-order valence-corrected chi connectivity index (χ1v) is 8.72. The first kappa shape index (κ1) is 18.4. The highest BCUT2D eigenvalue weighted by molar-refractivity contribution is 7.89. The van der Waals surface area contributed by atoms with Crippen LogP contribution in [0.3, 0.4) is 0 Å². The van der Waals surface area contributed by atoms with Gasteiger partial charge < -0.3 is 5.73 Å². The van der Waals surface area contributed by atoms with Crippen molar-refractivity contribution in [1.82, 2.24) is 4.72 Å². The molecular formula is C15H25ClN2O2S. The van der Waals surface area contributed by atoms with Gasteiger partial charge in [0.1, 0.15) is 0 Å². The predicted molar refractivity (Wildman–Crippen MR) is 88.3 cm³/mol. The van der Waals surface area contributed by atoms with E-state index < -0.39 is 10.0 Å². The molecule has 1 aliphatic carbocycles. The van der Waals surface area contributed by atoms with Crippen molar-refractivity contribution in [2.45, 2.75) is 50.5 Å². The summed E-state index contributed by atoms with van der Waals surface area (Å²) in [6, 6.07) is 5.23. The number of sulfonamides is 1. The van der Waals surface area contributed by atoms with Crippen LogP contribution in [0, 0.1) is 19.8 Å². The van der Waals surface area contributed by atoms with Crippen molar-refractivity contribution in [3.63, 3.8) is 0 Å². The first-order chi connectivity index (χ1) is 9.44. The minimum atomic E-state index is -3.45. The molecule has 0 aliphatic heterocycles. The van der Waals surface area contributed by atoms with Gasteiger partial charge in [0, 0.05) is 6.04 Å². The second-order valence-electron chi connectivity index (χ2n) is 5.75. The minimum Gasteiger partial charge on any atom is -0.330 e. The third-order valence-electron chi connectivity index (χ3n) is 4.31. The van der Waals surface area contributed by atoms with Gasteiger partial charge in [-0.05, 0) is 62.4 Å². The number of halogens is 1. The Morgan fingerprint density at radius 2 is 1.86 bits per heavy atom. The molecule has 0 bridgehead atoms. The van der Waals surface area contributed by atoms with Crippen LogP contribution >= 0.6 is 12.4 Å². The van der Waals surface area contributed by atoms with Crippen LogP contribution in [0.1, 0.15) is 36.8 Å². The minimum absolute atomic E-state index is 0. The van der Waals surface area contributed by atoms with E-state index in [-0.39, 0.29) is 24.4 Å². The number of benzene rings is 1. The van der Waals surface area contributed by atoms with Crippen LogP contribution < -0.4 is 10.5 Å². The smallest absolute Gasteiger partial charge is 0.240 e. The highest BCUT2D eigenvalue weighted by Gasteiger charge is 2.28. The maximum atomic E-state index is 12.5. The largest absolute Gasteiger partial charge is 0.330 e. The number of rotatable bonds is 4. The molecule has 3 N–H and O–H groups in total. The summed E-state index contributed by atoms with van der Waals surface area (Å²) in [5, 5.41) is 0. The Kier molecular flexibility index (Phi) is 6.66. The molecular weight excluding hydrogens is 308 g/mol. The molecule has 1 aromatic rings. The van der Waals surface area contributed by atoms with Gasteiger partial charge in [-0.2, -0.15) is 0 Å². The van der Waals surface area contributed by atoms with Gasteiger partial charge in [0.2, 0.25) is 10.0 Å². The van der Waals surface area contributed by atoms with E-state index in [9.17, 15) is 8.42 Å². The summed E-state index contributed by atoms with van der Waals surface area (Å²) < 4.78 is 27.8. The second-order valence-corrected chi connectivity index (χ2v) is 7.47. The summed E-state index contributed by atoms with van der Waals surface area (Å²) in [4.78, 5) is 0.349. The summed E-state index contributed by atoms with van der Waals surface area (Å²) in [5.41, 5.74) is 7.85. The molecule has 2 atom stereocenters. The van der Waals surface area contributed by atoms with E-state index in [2.05, 4.69) is 4.72 Å². The van der Waals surface area contributed by atoms with Gasteiger partial charge in [-0.25, -0.2) is 13.1 Å². The summed E-state index contributed by atoms with van der Waals surface area (Å²) in [6.45, 7) is 4.45. The van der Waals surface area contributed by atoms with Crippen LogP contribution in [0.15, 0.2) is 23.1 Å². The van der Waals surface area contributed by atoms with Crippen LogP contribution in [-0.2, 0) is 10.0 Å². The molecule has 120 valence electrons. The van der Waals surface area contributed by atoms with Gasteiger partial charge in [0.05, 0.1) is 4.90 Å². The van der Waals surface area contributed by atoms with Crippen molar-refractivity contribution in [1.29, 1.82) is 0 Å². The Morgan fingerprint density at radius 3 is 2.48 bits per heavy atom. The fourth-order valence-electron chi connectivity index (χ4n) is 2.79. The van der Waals surface area contributed by atoms with E-state index in [0.29, 0.717) is 11.4 Å². The van der Waals surface area contributed by atoms with Gasteiger partial charge >= 0.3 is 0 Å². The standard InChI is InChI=1S/C15H24N2O2S.ClH/c1-11-7-8-14(9-12(11)2)20(18,19)17-15-6-4-3-5-13(15)10-16;/h7-9,13,15,17H,3-6,10,16H2,1-2H3;1H. The first-order valence-electron chi connectivity index (χ1n) is 7.23. The fourth-order valence-corrected chi connectivity index (χ4v) is 4.22. The van der Waals surface area contributed by atoms with E-state index in [1.165, 1.54) is 0 Å². The number of nitrogens with one attached hydrogen (secondary N) is 1. The lowest BCUT2D eigenvalue weighted by Gasteiger charge is -2.31. The highest BCUT2D eigenvalue weighted by Crippen LogP contribution is 2.25. The van der Waals surface area contributed by atoms with Crippen LogP contribution in [0.25, 0.3) is 0 Å². The molecule has 1 aliphatic rings. The quantitative estimate of drug-likeness (QED) is 0.889. The summed E-state index contributed by atoms with van der Waals surface area (Å²) in [6.07, 6.45) is 4.10. The lowest BCUT2D eigenvalue weighted by atomic mass is 9.85. The monoisotopic (exact) mass is 332 g/mol. The molecule has 2 rings (SSSR count). The maximum absolute atomic E-state index is 12.5. The molecule has 1 aromatic carbocycles. The Morgan fingerprint density at radius 1 is 1.19 bits per heavy atom. The predicted octanol–water partition coefficient (Wildman–Crippen LogP) is 2.52. The molecule has 1 saturated carbocycles. The number of aryl methyl sites for hydroxylation is 2. The third-order valence-corrected chi connectivity index (χ3v) is 5.79. The molecule has 1 fully saturated rings. The van der Waals surface area contributed by atoms with Gasteiger partial charge in [0.15, 0.2) is 0 Å². The van der Waals surface area contributed by atoms with Gasteiger partial charge in [-0.1, -0.05) is 18.9 Å². The molecule has 0 radical (unpaired) electrons. The lowest BCUT2D eigenvalue weighted by Crippen LogP contribution is -2.44. The van der Waals surface area contributed by atoms with Crippen molar-refractivity contribution in [3.05, 3.63) is 29.3 Å². The Labute approximate surface area is 134 Å². The van der Waals surface area contributed by atoms with Gasteiger partial charge in [-0.15, -0.1) is 12.4 Å². The zero-order valence-electron chi connectivity index (χ0n) is 12.6. The zero-order chi connectivity index (χ0) is 14.8. The molecule has 6 heteroatoms. The van der Waals surface area contributed by atoms with Crippen molar-refractivity contribution in [2.24, 2.45) is 11.7 Å². The second kappa shape index (κ2) is 7.58. The van der Waals surface area contributed by atoms with Gasteiger partial charge in [0.25, 0.3) is 0 Å². The van der Waals surface area contributed by atoms with Crippen molar-refractivity contribution < 1.29 is 8.42 Å². The fraction of sp³-hybridized carbons (Fsp3) is 0.600. The molecule has 0 aromatic heterocycles. The Bertz CT molecular complexity index is 575. The van der Waals surface area contributed by atoms with Gasteiger partial charge in [-0.3, -0.25) is 0 Å². The maximum Gasteiger partial charge on any atom is 0.240 e. The van der Waals surface area contributed by atoms with Crippen molar-refractivity contribution in [2.75, 3.05) is 6.54 Å². The number of hydrogen-bond donors (Lipinski definition) is 2. The molecule has 0 heterocycles.